The summed E-state index contributed by atoms with van der Waals surface area (Å²) in [6, 6.07) is 9.98. The Morgan fingerprint density at radius 1 is 1.20 bits per heavy atom. The molecule has 2 aliphatic heterocycles. The Labute approximate surface area is 177 Å². The number of aromatic nitrogens is 2. The maximum atomic E-state index is 13.2. The number of likely N-dealkylation sites (tertiary alicyclic amines) is 1. The van der Waals surface area contributed by atoms with Crippen LogP contribution in [-0.4, -0.2) is 52.1 Å². The van der Waals surface area contributed by atoms with Gasteiger partial charge in [-0.2, -0.15) is 0 Å². The number of rotatable bonds is 6. The minimum atomic E-state index is 0.0233. The summed E-state index contributed by atoms with van der Waals surface area (Å²) < 4.78 is 1.96. The summed E-state index contributed by atoms with van der Waals surface area (Å²) in [6.07, 6.45) is 3.78. The van der Waals surface area contributed by atoms with Crippen molar-refractivity contribution in [1.29, 1.82) is 0 Å². The second kappa shape index (κ2) is 9.00. The number of amides is 2. The maximum Gasteiger partial charge on any atom is 0.317 e. The molecule has 160 valence electrons. The molecule has 2 aromatic heterocycles. The van der Waals surface area contributed by atoms with E-state index in [1.165, 1.54) is 0 Å². The zero-order valence-electron chi connectivity index (χ0n) is 17.9. The van der Waals surface area contributed by atoms with Gasteiger partial charge in [-0.1, -0.05) is 19.1 Å². The van der Waals surface area contributed by atoms with Gasteiger partial charge in [-0.25, -0.2) is 4.79 Å². The van der Waals surface area contributed by atoms with Gasteiger partial charge in [-0.3, -0.25) is 14.7 Å². The van der Waals surface area contributed by atoms with E-state index in [1.54, 1.807) is 6.20 Å². The van der Waals surface area contributed by atoms with Crippen LogP contribution in [0.5, 0.6) is 0 Å². The minimum absolute atomic E-state index is 0.0233. The van der Waals surface area contributed by atoms with Gasteiger partial charge in [0.2, 0.25) is 0 Å². The highest BCUT2D eigenvalue weighted by Gasteiger charge is 2.36. The Kier molecular flexibility index (Phi) is 6.18. The van der Waals surface area contributed by atoms with Gasteiger partial charge in [0.1, 0.15) is 0 Å². The first-order valence-corrected chi connectivity index (χ1v) is 10.9. The van der Waals surface area contributed by atoms with Crippen molar-refractivity contribution >= 4 is 6.03 Å². The molecule has 30 heavy (non-hydrogen) atoms. The Morgan fingerprint density at radius 3 is 2.83 bits per heavy atom. The molecule has 2 aliphatic rings. The third-order valence-electron chi connectivity index (χ3n) is 6.09. The van der Waals surface area contributed by atoms with E-state index in [2.05, 4.69) is 28.2 Å². The third-order valence-corrected chi connectivity index (χ3v) is 6.09. The molecule has 0 unspecified atom stereocenters. The maximum absolute atomic E-state index is 13.2. The zero-order valence-corrected chi connectivity index (χ0v) is 17.9. The highest BCUT2D eigenvalue weighted by atomic mass is 16.2. The van der Waals surface area contributed by atoms with Gasteiger partial charge >= 0.3 is 6.03 Å². The molecule has 0 aromatic carbocycles. The summed E-state index contributed by atoms with van der Waals surface area (Å²) >= 11 is 0. The summed E-state index contributed by atoms with van der Waals surface area (Å²) in [6.45, 7) is 6.16. The van der Waals surface area contributed by atoms with Crippen LogP contribution in [0.25, 0.3) is 0 Å². The average molecular weight is 410 g/mol. The van der Waals surface area contributed by atoms with Crippen LogP contribution in [0, 0.1) is 5.92 Å². The summed E-state index contributed by atoms with van der Waals surface area (Å²) in [5.74, 6) is 0.570. The molecule has 2 atom stereocenters. The van der Waals surface area contributed by atoms with Gasteiger partial charge in [0.05, 0.1) is 5.69 Å². The van der Waals surface area contributed by atoms with Gasteiger partial charge in [-0.05, 0) is 44.0 Å². The van der Waals surface area contributed by atoms with Crippen molar-refractivity contribution < 1.29 is 4.79 Å². The lowest BCUT2D eigenvalue weighted by Crippen LogP contribution is -2.52. The number of fused-ring (bicyclic) bond motifs is 4. The van der Waals surface area contributed by atoms with Gasteiger partial charge in [0.15, 0.2) is 0 Å². The van der Waals surface area contributed by atoms with E-state index >= 15 is 0 Å². The minimum Gasteiger partial charge on any atom is -0.338 e. The normalized spacial score (nSPS) is 20.2. The number of piperidine rings is 1. The molecule has 4 heterocycles. The number of carbonyl (C=O) groups excluding carboxylic acids is 1. The Hall–Kier alpha value is -2.67. The van der Waals surface area contributed by atoms with Gasteiger partial charge in [0.25, 0.3) is 5.56 Å². The van der Waals surface area contributed by atoms with Gasteiger partial charge < -0.3 is 14.8 Å². The van der Waals surface area contributed by atoms with Crippen LogP contribution in [0.15, 0.2) is 41.3 Å². The van der Waals surface area contributed by atoms with E-state index in [1.807, 2.05) is 40.8 Å². The lowest BCUT2D eigenvalue weighted by Gasteiger charge is -2.42. The predicted octanol–water partition coefficient (Wildman–Crippen LogP) is 2.41. The Bertz CT molecular complexity index is 942. The number of urea groups is 1. The lowest BCUT2D eigenvalue weighted by molar-refractivity contribution is 0.131. The second-order valence-corrected chi connectivity index (χ2v) is 8.63. The molecule has 0 radical (unpaired) electrons. The van der Waals surface area contributed by atoms with Crippen LogP contribution in [0.4, 0.5) is 4.79 Å². The molecule has 1 saturated heterocycles. The number of hydrogen-bond acceptors (Lipinski definition) is 4. The fraction of sp³-hybridized carbons (Fsp3) is 0.522. The van der Waals surface area contributed by atoms with Crippen molar-refractivity contribution in [3.8, 4) is 0 Å². The van der Waals surface area contributed by atoms with E-state index < -0.39 is 0 Å². The second-order valence-electron chi connectivity index (χ2n) is 8.63. The first kappa shape index (κ1) is 20.6. The van der Waals surface area contributed by atoms with Crippen molar-refractivity contribution in [1.82, 2.24) is 24.7 Å². The topological polar surface area (TPSA) is 70.5 Å². The van der Waals surface area contributed by atoms with E-state index in [-0.39, 0.29) is 17.5 Å². The van der Waals surface area contributed by atoms with Crippen LogP contribution in [-0.2, 0) is 19.6 Å². The van der Waals surface area contributed by atoms with Crippen molar-refractivity contribution in [2.45, 2.75) is 45.3 Å². The van der Waals surface area contributed by atoms with Crippen LogP contribution < -0.4 is 10.9 Å². The van der Waals surface area contributed by atoms with Crippen LogP contribution in [0.2, 0.25) is 0 Å². The molecule has 2 amide bonds. The zero-order chi connectivity index (χ0) is 21.1. The molecule has 7 heteroatoms. The number of nitrogens with one attached hydrogen (secondary N) is 1. The van der Waals surface area contributed by atoms with Crippen LogP contribution in [0.1, 0.15) is 42.6 Å². The van der Waals surface area contributed by atoms with E-state index in [0.717, 1.165) is 36.3 Å². The summed E-state index contributed by atoms with van der Waals surface area (Å²) in [5, 5.41) is 2.99. The monoisotopic (exact) mass is 409 g/mol. The molecule has 1 fully saturated rings. The molecule has 7 nitrogen and oxygen atoms in total. The van der Waals surface area contributed by atoms with E-state index in [4.69, 9.17) is 0 Å². The summed E-state index contributed by atoms with van der Waals surface area (Å²) in [7, 11) is 2.01. The average Bonchev–Trinajstić information content (AvgIpc) is 2.75. The molecule has 2 bridgehead atoms. The standard InChI is InChI=1S/C23H31N5O2/c1-3-9-25-23(30)27-12-17-11-19(15-27)21-8-7-18(22(29)28(21)13-17)14-26(2)16-20-6-4-5-10-24-20/h4-8,10,17,19H,3,9,11-16H2,1-2H3,(H,25,30)/t17-,19+/m0/s1. The molecule has 4 rings (SSSR count). The molecule has 2 aromatic rings. The Balaban J connectivity index is 1.48. The lowest BCUT2D eigenvalue weighted by atomic mass is 9.83. The first-order valence-electron chi connectivity index (χ1n) is 10.9. The SMILES string of the molecule is CCCNC(=O)N1C[C@@H]2C[C@H](C1)c1ccc(CN(C)Cc3ccccn3)c(=O)n1C2. The largest absolute Gasteiger partial charge is 0.338 e. The van der Waals surface area contributed by atoms with Crippen LogP contribution >= 0.6 is 0 Å². The summed E-state index contributed by atoms with van der Waals surface area (Å²) in [4.78, 5) is 34.1. The van der Waals surface area contributed by atoms with Crippen molar-refractivity contribution in [3.63, 3.8) is 0 Å². The van der Waals surface area contributed by atoms with Gasteiger partial charge in [0, 0.05) is 62.6 Å². The highest BCUT2D eigenvalue weighted by Crippen LogP contribution is 2.35. The number of hydrogen-bond donors (Lipinski definition) is 1. The van der Waals surface area contributed by atoms with E-state index in [9.17, 15) is 9.59 Å². The third kappa shape index (κ3) is 4.41. The smallest absolute Gasteiger partial charge is 0.317 e. The molecular formula is C23H31N5O2. The van der Waals surface area contributed by atoms with Crippen LogP contribution in [0.3, 0.4) is 0 Å². The fourth-order valence-corrected chi connectivity index (χ4v) is 4.74. The number of pyridine rings is 2. The molecular weight excluding hydrogens is 378 g/mol. The Morgan fingerprint density at radius 2 is 2.07 bits per heavy atom. The van der Waals surface area contributed by atoms with E-state index in [0.29, 0.717) is 38.6 Å². The van der Waals surface area contributed by atoms with Gasteiger partial charge in [-0.15, -0.1) is 0 Å². The molecule has 0 saturated carbocycles. The molecule has 1 N–H and O–H groups in total. The highest BCUT2D eigenvalue weighted by molar-refractivity contribution is 5.74. The fourth-order valence-electron chi connectivity index (χ4n) is 4.74. The summed E-state index contributed by atoms with van der Waals surface area (Å²) in [5.41, 5.74) is 2.99. The number of carbonyl (C=O) groups is 1. The van der Waals surface area contributed by atoms with Crippen molar-refractivity contribution in [2.75, 3.05) is 26.7 Å². The molecule has 0 aliphatic carbocycles. The van der Waals surface area contributed by atoms with Crippen molar-refractivity contribution in [2.24, 2.45) is 5.92 Å². The van der Waals surface area contributed by atoms with Crippen molar-refractivity contribution in [3.05, 3.63) is 63.8 Å². The predicted molar refractivity (Wildman–Crippen MR) is 116 cm³/mol. The number of nitrogens with zero attached hydrogens (tertiary/aromatic N) is 4. The first-order chi connectivity index (χ1) is 14.5. The quantitative estimate of drug-likeness (QED) is 0.795. The molecule has 0 spiro atoms.